The first-order valence-electron chi connectivity index (χ1n) is 7.07. The quantitative estimate of drug-likeness (QED) is 0.791. The van der Waals surface area contributed by atoms with Gasteiger partial charge in [-0.05, 0) is 42.5 Å². The molecule has 120 valence electrons. The lowest BCUT2D eigenvalue weighted by atomic mass is 10.1. The number of nitrogens with zero attached hydrogens (tertiary/aromatic N) is 3. The molecule has 0 saturated carbocycles. The maximum absolute atomic E-state index is 13.0. The van der Waals surface area contributed by atoms with Crippen LogP contribution in [0.25, 0.3) is 11.3 Å². The molecular weight excluding hydrogens is 323 g/mol. The van der Waals surface area contributed by atoms with Crippen molar-refractivity contribution in [3.8, 4) is 23.5 Å². The highest BCUT2D eigenvalue weighted by Gasteiger charge is 2.19. The standard InChI is InChI=1S/C18H9FN4O2/c19-14-4-1-11(2-5-14)17-16(22-10-25-17)18(24)23-15-6-3-12(8-20)13(7-15)9-21/h1-7,10H,(H,23,24). The van der Waals surface area contributed by atoms with E-state index in [1.54, 1.807) is 0 Å². The van der Waals surface area contributed by atoms with Gasteiger partial charge in [-0.1, -0.05) is 0 Å². The van der Waals surface area contributed by atoms with E-state index in [-0.39, 0.29) is 22.6 Å². The zero-order valence-electron chi connectivity index (χ0n) is 12.7. The molecule has 3 aromatic rings. The highest BCUT2D eigenvalue weighted by Crippen LogP contribution is 2.24. The molecule has 3 rings (SSSR count). The first kappa shape index (κ1) is 15.9. The molecule has 0 atom stereocenters. The van der Waals surface area contributed by atoms with Gasteiger partial charge in [0.25, 0.3) is 5.91 Å². The number of carbonyl (C=O) groups is 1. The zero-order valence-corrected chi connectivity index (χ0v) is 12.7. The summed E-state index contributed by atoms with van der Waals surface area (Å²) in [5.41, 5.74) is 1.23. The Hall–Kier alpha value is -3.97. The smallest absolute Gasteiger partial charge is 0.278 e. The van der Waals surface area contributed by atoms with Crippen molar-refractivity contribution < 1.29 is 13.6 Å². The Kier molecular flexibility index (Phi) is 4.23. The number of amides is 1. The van der Waals surface area contributed by atoms with E-state index in [0.717, 1.165) is 6.39 Å². The number of hydrogen-bond acceptors (Lipinski definition) is 5. The van der Waals surface area contributed by atoms with Crippen molar-refractivity contribution in [1.29, 1.82) is 10.5 Å². The zero-order chi connectivity index (χ0) is 17.8. The summed E-state index contributed by atoms with van der Waals surface area (Å²) < 4.78 is 18.3. The van der Waals surface area contributed by atoms with E-state index < -0.39 is 11.7 Å². The Morgan fingerprint density at radius 1 is 1.08 bits per heavy atom. The van der Waals surface area contributed by atoms with Crippen molar-refractivity contribution in [3.05, 3.63) is 71.5 Å². The summed E-state index contributed by atoms with van der Waals surface area (Å²) in [6, 6.07) is 13.6. The summed E-state index contributed by atoms with van der Waals surface area (Å²) in [4.78, 5) is 16.3. The second-order valence-corrected chi connectivity index (χ2v) is 4.98. The van der Waals surface area contributed by atoms with Gasteiger partial charge < -0.3 is 9.73 Å². The number of aromatic nitrogens is 1. The van der Waals surface area contributed by atoms with Gasteiger partial charge in [0.15, 0.2) is 17.8 Å². The van der Waals surface area contributed by atoms with E-state index in [1.807, 2.05) is 12.1 Å². The van der Waals surface area contributed by atoms with Crippen LogP contribution in [-0.2, 0) is 0 Å². The van der Waals surface area contributed by atoms with Gasteiger partial charge in [0, 0.05) is 11.3 Å². The van der Waals surface area contributed by atoms with Crippen LogP contribution in [-0.4, -0.2) is 10.9 Å². The molecule has 0 aliphatic rings. The predicted octanol–water partition coefficient (Wildman–Crippen LogP) is 3.48. The maximum Gasteiger partial charge on any atom is 0.278 e. The van der Waals surface area contributed by atoms with Crippen LogP contribution in [0.2, 0.25) is 0 Å². The van der Waals surface area contributed by atoms with Crippen molar-refractivity contribution in [2.24, 2.45) is 0 Å². The Balaban J connectivity index is 1.89. The molecular formula is C18H9FN4O2. The highest BCUT2D eigenvalue weighted by atomic mass is 19.1. The fourth-order valence-corrected chi connectivity index (χ4v) is 2.22. The highest BCUT2D eigenvalue weighted by molar-refractivity contribution is 6.06. The van der Waals surface area contributed by atoms with E-state index in [1.165, 1.54) is 42.5 Å². The molecule has 1 N–H and O–H groups in total. The predicted molar refractivity (Wildman–Crippen MR) is 85.7 cm³/mol. The SMILES string of the molecule is N#Cc1ccc(NC(=O)c2ncoc2-c2ccc(F)cc2)cc1C#N. The fraction of sp³-hybridized carbons (Fsp3) is 0. The molecule has 0 aliphatic heterocycles. The Morgan fingerprint density at radius 3 is 2.48 bits per heavy atom. The number of carbonyl (C=O) groups excluding carboxylic acids is 1. The van der Waals surface area contributed by atoms with Gasteiger partial charge in [-0.15, -0.1) is 0 Å². The molecule has 0 fully saturated rings. The molecule has 2 aromatic carbocycles. The second kappa shape index (κ2) is 6.65. The van der Waals surface area contributed by atoms with Crippen molar-refractivity contribution in [2.75, 3.05) is 5.32 Å². The summed E-state index contributed by atoms with van der Waals surface area (Å²) in [6.45, 7) is 0. The molecule has 25 heavy (non-hydrogen) atoms. The number of nitriles is 2. The Labute approximate surface area is 141 Å². The van der Waals surface area contributed by atoms with Gasteiger partial charge in [-0.3, -0.25) is 4.79 Å². The Bertz CT molecular complexity index is 1030. The van der Waals surface area contributed by atoms with Gasteiger partial charge in [0.1, 0.15) is 18.0 Å². The van der Waals surface area contributed by atoms with Gasteiger partial charge in [-0.25, -0.2) is 9.37 Å². The van der Waals surface area contributed by atoms with Crippen molar-refractivity contribution >= 4 is 11.6 Å². The van der Waals surface area contributed by atoms with Crippen LogP contribution in [0, 0.1) is 28.5 Å². The van der Waals surface area contributed by atoms with Gasteiger partial charge in [-0.2, -0.15) is 10.5 Å². The minimum absolute atomic E-state index is 0.0227. The minimum atomic E-state index is -0.554. The van der Waals surface area contributed by atoms with Gasteiger partial charge >= 0.3 is 0 Å². The summed E-state index contributed by atoms with van der Waals surface area (Å²) in [5.74, 6) is -0.760. The van der Waals surface area contributed by atoms with Gasteiger partial charge in [0.2, 0.25) is 0 Å². The molecule has 7 heteroatoms. The summed E-state index contributed by atoms with van der Waals surface area (Å²) in [7, 11) is 0. The molecule has 1 heterocycles. The normalized spacial score (nSPS) is 9.88. The third-order valence-corrected chi connectivity index (χ3v) is 3.41. The van der Waals surface area contributed by atoms with E-state index >= 15 is 0 Å². The summed E-state index contributed by atoms with van der Waals surface area (Å²) in [5, 5.41) is 20.5. The van der Waals surface area contributed by atoms with Crippen LogP contribution in [0.15, 0.2) is 53.3 Å². The molecule has 1 aromatic heterocycles. The van der Waals surface area contributed by atoms with Crippen LogP contribution >= 0.6 is 0 Å². The average Bonchev–Trinajstić information content (AvgIpc) is 3.12. The molecule has 0 bridgehead atoms. The van der Waals surface area contributed by atoms with Crippen LogP contribution in [0.1, 0.15) is 21.6 Å². The van der Waals surface area contributed by atoms with Crippen LogP contribution in [0.5, 0.6) is 0 Å². The molecule has 0 spiro atoms. The minimum Gasteiger partial charge on any atom is -0.443 e. The van der Waals surface area contributed by atoms with Crippen LogP contribution in [0.3, 0.4) is 0 Å². The van der Waals surface area contributed by atoms with Crippen LogP contribution < -0.4 is 5.32 Å². The largest absolute Gasteiger partial charge is 0.443 e. The lowest BCUT2D eigenvalue weighted by Gasteiger charge is -2.06. The van der Waals surface area contributed by atoms with Crippen molar-refractivity contribution in [2.45, 2.75) is 0 Å². The molecule has 0 radical (unpaired) electrons. The molecule has 6 nitrogen and oxygen atoms in total. The number of nitrogens with one attached hydrogen (secondary N) is 1. The molecule has 0 saturated heterocycles. The average molecular weight is 332 g/mol. The van der Waals surface area contributed by atoms with E-state index in [4.69, 9.17) is 14.9 Å². The van der Waals surface area contributed by atoms with Crippen molar-refractivity contribution in [3.63, 3.8) is 0 Å². The number of benzene rings is 2. The lowest BCUT2D eigenvalue weighted by Crippen LogP contribution is -2.13. The van der Waals surface area contributed by atoms with Crippen LogP contribution in [0.4, 0.5) is 10.1 Å². The van der Waals surface area contributed by atoms with E-state index in [0.29, 0.717) is 11.3 Å². The molecule has 0 aliphatic carbocycles. The molecule has 1 amide bonds. The molecule has 0 unspecified atom stereocenters. The second-order valence-electron chi connectivity index (χ2n) is 4.98. The Morgan fingerprint density at radius 2 is 1.80 bits per heavy atom. The first-order valence-corrected chi connectivity index (χ1v) is 7.07. The van der Waals surface area contributed by atoms with Crippen molar-refractivity contribution in [1.82, 2.24) is 4.98 Å². The summed E-state index contributed by atoms with van der Waals surface area (Å²) in [6.07, 6.45) is 1.12. The third kappa shape index (κ3) is 3.21. The maximum atomic E-state index is 13.0. The third-order valence-electron chi connectivity index (χ3n) is 3.41. The summed E-state index contributed by atoms with van der Waals surface area (Å²) >= 11 is 0. The van der Waals surface area contributed by atoms with E-state index in [2.05, 4.69) is 10.3 Å². The number of hydrogen-bond donors (Lipinski definition) is 1. The monoisotopic (exact) mass is 332 g/mol. The van der Waals surface area contributed by atoms with Gasteiger partial charge in [0.05, 0.1) is 11.1 Å². The first-order chi connectivity index (χ1) is 12.1. The number of halogens is 1. The fourth-order valence-electron chi connectivity index (χ4n) is 2.22. The number of rotatable bonds is 3. The topological polar surface area (TPSA) is 103 Å². The number of anilines is 1. The lowest BCUT2D eigenvalue weighted by molar-refractivity contribution is 0.102. The van der Waals surface area contributed by atoms with E-state index in [9.17, 15) is 9.18 Å². The number of oxazole rings is 1.